The number of carboxylic acids is 3. The summed E-state index contributed by atoms with van der Waals surface area (Å²) in [5, 5.41) is 39.5. The number of pyridine rings is 1. The first-order valence-corrected chi connectivity index (χ1v) is 11.3. The van der Waals surface area contributed by atoms with E-state index in [-0.39, 0.29) is 13.6 Å². The average molecular weight is 524 g/mol. The highest BCUT2D eigenvalue weighted by molar-refractivity contribution is 6.15. The molecule has 2 aliphatic rings. The molecule has 0 saturated heterocycles. The molecule has 3 heterocycles. The molecule has 0 unspecified atom stereocenters. The molecule has 4 N–H and O–H groups in total. The number of carboxylic acid groups (broad SMARTS) is 3. The van der Waals surface area contributed by atoms with Crippen LogP contribution >= 0.6 is 0 Å². The first-order chi connectivity index (χ1) is 18.1. The van der Waals surface area contributed by atoms with Crippen LogP contribution in [0.15, 0.2) is 42.6 Å². The summed E-state index contributed by atoms with van der Waals surface area (Å²) in [6, 6.07) is 12.5. The van der Waals surface area contributed by atoms with Crippen LogP contribution in [0.2, 0.25) is 0 Å². The Kier molecular flexibility index (Phi) is 6.03. The van der Waals surface area contributed by atoms with E-state index in [1.807, 2.05) is 12.1 Å². The summed E-state index contributed by atoms with van der Waals surface area (Å²) in [4.78, 5) is 30.5. The van der Waals surface area contributed by atoms with Crippen LogP contribution in [-0.4, -0.2) is 57.5 Å². The molecule has 12 nitrogen and oxygen atoms in total. The van der Waals surface area contributed by atoms with Gasteiger partial charge >= 0.3 is 17.9 Å². The van der Waals surface area contributed by atoms with Crippen molar-refractivity contribution in [1.29, 1.82) is 0 Å². The molecular weight excluding hydrogens is 502 g/mol. The summed E-state index contributed by atoms with van der Waals surface area (Å²) >= 11 is 0. The Bertz CT molecular complexity index is 1630. The van der Waals surface area contributed by atoms with Gasteiger partial charge in [-0.05, 0) is 35.7 Å². The average Bonchev–Trinajstić information content (AvgIpc) is 3.51. The zero-order valence-electron chi connectivity index (χ0n) is 20.0. The third-order valence-electron chi connectivity index (χ3n) is 6.31. The highest BCUT2D eigenvalue weighted by Crippen LogP contribution is 2.43. The molecule has 6 rings (SSSR count). The van der Waals surface area contributed by atoms with Gasteiger partial charge in [0.25, 0.3) is 0 Å². The van der Waals surface area contributed by atoms with Gasteiger partial charge in [0.2, 0.25) is 19.1 Å². The largest absolute Gasteiger partial charge is 0.481 e. The van der Waals surface area contributed by atoms with E-state index in [1.54, 1.807) is 0 Å². The molecule has 0 aliphatic carbocycles. The molecule has 12 heteroatoms. The van der Waals surface area contributed by atoms with Crippen molar-refractivity contribution >= 4 is 50.4 Å². The van der Waals surface area contributed by atoms with E-state index in [0.29, 0.717) is 0 Å². The second-order valence-electron chi connectivity index (χ2n) is 8.87. The second kappa shape index (κ2) is 9.23. The van der Waals surface area contributed by atoms with E-state index in [9.17, 15) is 14.4 Å². The SMILES string of the molecule is C[n+]1cc2c3c(ccc2c2ccc4cc5c(cc4c21)OCO5)OCO3.O=C(O)CC(O)(CC(=O)O)C(=O)O. The maximum absolute atomic E-state index is 10.3. The van der Waals surface area contributed by atoms with E-state index in [0.717, 1.165) is 50.1 Å². The summed E-state index contributed by atoms with van der Waals surface area (Å²) in [6.07, 6.45) is -0.182. The van der Waals surface area contributed by atoms with E-state index in [1.165, 1.54) is 5.39 Å². The van der Waals surface area contributed by atoms with Crippen LogP contribution in [0.1, 0.15) is 12.8 Å². The number of fused-ring (bicyclic) bond motifs is 8. The number of nitrogens with zero attached hydrogens (tertiary/aromatic N) is 1. The second-order valence-corrected chi connectivity index (χ2v) is 8.87. The topological polar surface area (TPSA) is 173 Å². The maximum Gasteiger partial charge on any atom is 0.336 e. The first-order valence-electron chi connectivity index (χ1n) is 11.3. The Morgan fingerprint density at radius 2 is 1.39 bits per heavy atom. The lowest BCUT2D eigenvalue weighted by molar-refractivity contribution is -0.642. The molecule has 2 aliphatic heterocycles. The van der Waals surface area contributed by atoms with Gasteiger partial charge in [-0.25, -0.2) is 4.79 Å². The van der Waals surface area contributed by atoms with Gasteiger partial charge in [0, 0.05) is 5.39 Å². The standard InChI is InChI=1S/C20H14NO4.C6H8O7/c1-21-8-15-12(4-5-16-20(15)25-10-22-16)13-3-2-11-6-17-18(24-9-23-17)7-14(11)19(13)21;7-3(8)1-6(13,5(11)12)2-4(9)10/h2-8H,9-10H2,1H3;13H,1-2H2,(H,7,8)(H,9,10)(H,11,12)/q+1;. The van der Waals surface area contributed by atoms with E-state index in [2.05, 4.69) is 42.1 Å². The summed E-state index contributed by atoms with van der Waals surface area (Å²) < 4.78 is 24.4. The molecule has 0 saturated carbocycles. The molecular formula is C26H22NO11+. The molecule has 1 aromatic heterocycles. The van der Waals surface area contributed by atoms with Crippen molar-refractivity contribution in [2.24, 2.45) is 7.05 Å². The zero-order chi connectivity index (χ0) is 27.2. The Hall–Kier alpha value is -4.84. The van der Waals surface area contributed by atoms with E-state index < -0.39 is 36.4 Å². The summed E-state index contributed by atoms with van der Waals surface area (Å²) in [7, 11) is 2.06. The number of carbonyl (C=O) groups is 3. The number of aliphatic hydroxyl groups is 1. The van der Waals surface area contributed by atoms with Crippen molar-refractivity contribution < 1.29 is 58.3 Å². The minimum Gasteiger partial charge on any atom is -0.481 e. The van der Waals surface area contributed by atoms with Crippen LogP contribution in [0.25, 0.3) is 32.4 Å². The van der Waals surface area contributed by atoms with Crippen LogP contribution < -0.4 is 23.5 Å². The first kappa shape index (κ1) is 24.8. The van der Waals surface area contributed by atoms with Crippen molar-refractivity contribution in [1.82, 2.24) is 0 Å². The van der Waals surface area contributed by atoms with Crippen molar-refractivity contribution in [2.75, 3.05) is 13.6 Å². The van der Waals surface area contributed by atoms with Crippen molar-refractivity contribution in [3.8, 4) is 23.0 Å². The lowest BCUT2D eigenvalue weighted by Gasteiger charge is -2.18. The number of aromatic nitrogens is 1. The highest BCUT2D eigenvalue weighted by Gasteiger charge is 2.40. The molecule has 0 amide bonds. The number of hydrogen-bond acceptors (Lipinski definition) is 8. The van der Waals surface area contributed by atoms with Gasteiger partial charge in [0.05, 0.1) is 29.0 Å². The lowest BCUT2D eigenvalue weighted by atomic mass is 9.96. The number of aryl methyl sites for hydroxylation is 1. The summed E-state index contributed by atoms with van der Waals surface area (Å²) in [5.41, 5.74) is -1.58. The Morgan fingerprint density at radius 1 is 0.789 bits per heavy atom. The Morgan fingerprint density at radius 3 is 2.05 bits per heavy atom. The van der Waals surface area contributed by atoms with Gasteiger partial charge in [-0.1, -0.05) is 6.07 Å². The quantitative estimate of drug-likeness (QED) is 0.223. The minimum absolute atomic E-state index is 0.275. The number of benzene rings is 3. The fourth-order valence-corrected chi connectivity index (χ4v) is 4.62. The van der Waals surface area contributed by atoms with Crippen molar-refractivity contribution in [3.63, 3.8) is 0 Å². The van der Waals surface area contributed by atoms with Crippen LogP contribution in [0, 0.1) is 0 Å². The molecule has 4 aromatic rings. The molecule has 3 aromatic carbocycles. The molecule has 196 valence electrons. The van der Waals surface area contributed by atoms with Gasteiger partial charge < -0.3 is 39.4 Å². The molecule has 0 spiro atoms. The lowest BCUT2D eigenvalue weighted by Crippen LogP contribution is -2.42. The minimum atomic E-state index is -2.74. The Labute approximate surface area is 213 Å². The van der Waals surface area contributed by atoms with Crippen LogP contribution in [-0.2, 0) is 21.4 Å². The van der Waals surface area contributed by atoms with Crippen molar-refractivity contribution in [2.45, 2.75) is 18.4 Å². The van der Waals surface area contributed by atoms with E-state index >= 15 is 0 Å². The highest BCUT2D eigenvalue weighted by atomic mass is 16.7. The normalized spacial score (nSPS) is 13.4. The van der Waals surface area contributed by atoms with Gasteiger partial charge in [-0.3, -0.25) is 9.59 Å². The monoisotopic (exact) mass is 524 g/mol. The van der Waals surface area contributed by atoms with Gasteiger partial charge in [0.1, 0.15) is 7.05 Å². The fraction of sp³-hybridized carbons (Fsp3) is 0.231. The van der Waals surface area contributed by atoms with Gasteiger partial charge in [0.15, 0.2) is 34.8 Å². The zero-order valence-corrected chi connectivity index (χ0v) is 20.0. The molecule has 0 atom stereocenters. The predicted octanol–water partition coefficient (Wildman–Crippen LogP) is 2.18. The summed E-state index contributed by atoms with van der Waals surface area (Å²) in [6.45, 7) is 0.555. The predicted molar refractivity (Wildman–Crippen MR) is 129 cm³/mol. The Balaban J connectivity index is 0.000000195. The summed E-state index contributed by atoms with van der Waals surface area (Å²) in [5.74, 6) is -1.80. The van der Waals surface area contributed by atoms with Crippen LogP contribution in [0.5, 0.6) is 23.0 Å². The molecule has 0 fully saturated rings. The number of hydrogen-bond donors (Lipinski definition) is 4. The molecule has 0 bridgehead atoms. The number of aliphatic carboxylic acids is 3. The van der Waals surface area contributed by atoms with Gasteiger partial charge in [-0.15, -0.1) is 0 Å². The molecule has 0 radical (unpaired) electrons. The number of ether oxygens (including phenoxy) is 4. The van der Waals surface area contributed by atoms with Crippen LogP contribution in [0.3, 0.4) is 0 Å². The van der Waals surface area contributed by atoms with E-state index in [4.69, 9.17) is 39.4 Å². The van der Waals surface area contributed by atoms with Crippen molar-refractivity contribution in [3.05, 3.63) is 42.6 Å². The number of rotatable bonds is 5. The smallest absolute Gasteiger partial charge is 0.336 e. The fourth-order valence-electron chi connectivity index (χ4n) is 4.62. The third-order valence-corrected chi connectivity index (χ3v) is 6.31. The van der Waals surface area contributed by atoms with Crippen LogP contribution in [0.4, 0.5) is 0 Å². The third kappa shape index (κ3) is 4.30. The van der Waals surface area contributed by atoms with Gasteiger partial charge in [-0.2, -0.15) is 4.57 Å². The molecule has 38 heavy (non-hydrogen) atoms. The maximum atomic E-state index is 10.3.